The van der Waals surface area contributed by atoms with E-state index in [1.807, 2.05) is 0 Å². The van der Waals surface area contributed by atoms with Gasteiger partial charge in [-0.05, 0) is 30.6 Å². The number of aromatic amines is 2. The van der Waals surface area contributed by atoms with Crippen LogP contribution < -0.4 is 16.1 Å². The van der Waals surface area contributed by atoms with Gasteiger partial charge in [-0.25, -0.2) is 4.79 Å². The summed E-state index contributed by atoms with van der Waals surface area (Å²) in [4.78, 5) is 30.0. The van der Waals surface area contributed by atoms with Crippen molar-refractivity contribution in [1.82, 2.24) is 9.97 Å². The molecule has 2 aliphatic rings. The fourth-order valence-corrected chi connectivity index (χ4v) is 3.93. The van der Waals surface area contributed by atoms with Gasteiger partial charge in [-0.1, -0.05) is 13.8 Å². The van der Waals surface area contributed by atoms with Crippen LogP contribution in [0.4, 0.5) is 5.69 Å². The van der Waals surface area contributed by atoms with Crippen molar-refractivity contribution >= 4 is 5.69 Å². The molecule has 0 amide bonds. The Balaban J connectivity index is 1.99. The lowest BCUT2D eigenvalue weighted by Gasteiger charge is -2.31. The second-order valence-electron chi connectivity index (χ2n) is 6.30. The highest BCUT2D eigenvalue weighted by molar-refractivity contribution is 5.45. The molecule has 2 bridgehead atoms. The van der Waals surface area contributed by atoms with Crippen molar-refractivity contribution < 1.29 is 0 Å². The SMILES string of the molecule is CC1CC2CC(C)(C1)CN2c1c[nH]c(=O)[nH]c1=O. The summed E-state index contributed by atoms with van der Waals surface area (Å²) < 4.78 is 0. The molecule has 1 aromatic heterocycles. The molecular weight excluding hydrogens is 230 g/mol. The molecule has 1 saturated carbocycles. The number of nitrogens with zero attached hydrogens (tertiary/aromatic N) is 1. The van der Waals surface area contributed by atoms with Crippen LogP contribution in [0, 0.1) is 11.3 Å². The highest BCUT2D eigenvalue weighted by Gasteiger charge is 2.46. The summed E-state index contributed by atoms with van der Waals surface area (Å²) in [5, 5.41) is 0. The quantitative estimate of drug-likeness (QED) is 0.782. The molecule has 0 aromatic carbocycles. The summed E-state index contributed by atoms with van der Waals surface area (Å²) >= 11 is 0. The van der Waals surface area contributed by atoms with Gasteiger partial charge in [0.25, 0.3) is 5.56 Å². The number of fused-ring (bicyclic) bond motifs is 2. The van der Waals surface area contributed by atoms with Crippen LogP contribution in [0.15, 0.2) is 15.8 Å². The normalized spacial score (nSPS) is 34.9. The van der Waals surface area contributed by atoms with E-state index in [4.69, 9.17) is 0 Å². The summed E-state index contributed by atoms with van der Waals surface area (Å²) in [5.74, 6) is 0.709. The van der Waals surface area contributed by atoms with Gasteiger partial charge in [0.05, 0.1) is 0 Å². The molecule has 98 valence electrons. The third kappa shape index (κ3) is 1.78. The summed E-state index contributed by atoms with van der Waals surface area (Å²) in [5.41, 5.74) is 0.204. The first-order valence-electron chi connectivity index (χ1n) is 6.55. The number of anilines is 1. The molecule has 18 heavy (non-hydrogen) atoms. The molecule has 0 radical (unpaired) electrons. The van der Waals surface area contributed by atoms with E-state index in [0.717, 1.165) is 19.4 Å². The number of aromatic nitrogens is 2. The minimum Gasteiger partial charge on any atom is -0.362 e. The number of H-pyrrole nitrogens is 2. The molecule has 1 aromatic rings. The van der Waals surface area contributed by atoms with E-state index in [2.05, 4.69) is 28.7 Å². The summed E-state index contributed by atoms with van der Waals surface area (Å²) in [6.45, 7) is 5.50. The van der Waals surface area contributed by atoms with Crippen LogP contribution in [0.5, 0.6) is 0 Å². The smallest absolute Gasteiger partial charge is 0.325 e. The largest absolute Gasteiger partial charge is 0.362 e. The average Bonchev–Trinajstić information content (AvgIpc) is 2.48. The second-order valence-corrected chi connectivity index (χ2v) is 6.30. The molecule has 2 heterocycles. The van der Waals surface area contributed by atoms with E-state index < -0.39 is 5.69 Å². The fraction of sp³-hybridized carbons (Fsp3) is 0.692. The van der Waals surface area contributed by atoms with Gasteiger partial charge in [-0.2, -0.15) is 0 Å². The lowest BCUT2D eigenvalue weighted by atomic mass is 9.73. The first kappa shape index (κ1) is 11.6. The molecule has 2 N–H and O–H groups in total. The highest BCUT2D eigenvalue weighted by atomic mass is 16.2. The predicted octanol–water partition coefficient (Wildman–Crippen LogP) is 1.08. The second kappa shape index (κ2) is 3.73. The van der Waals surface area contributed by atoms with E-state index in [1.165, 1.54) is 6.42 Å². The first-order chi connectivity index (χ1) is 8.47. The van der Waals surface area contributed by atoms with Crippen LogP contribution in [0.25, 0.3) is 0 Å². The standard InChI is InChI=1S/C13H19N3O2/c1-8-3-9-5-13(2,4-8)7-16(9)10-6-14-12(18)15-11(10)17/h6,8-9H,3-5,7H2,1-2H3,(H2,14,15,17,18). The van der Waals surface area contributed by atoms with E-state index in [0.29, 0.717) is 23.1 Å². The van der Waals surface area contributed by atoms with Crippen molar-refractivity contribution in [3.63, 3.8) is 0 Å². The van der Waals surface area contributed by atoms with E-state index in [9.17, 15) is 9.59 Å². The molecule has 1 aliphatic carbocycles. The van der Waals surface area contributed by atoms with Gasteiger partial charge in [0.15, 0.2) is 0 Å². The third-order valence-electron chi connectivity index (χ3n) is 4.35. The van der Waals surface area contributed by atoms with Crippen LogP contribution in [0.3, 0.4) is 0 Å². The zero-order valence-electron chi connectivity index (χ0n) is 10.8. The van der Waals surface area contributed by atoms with Crippen LogP contribution >= 0.6 is 0 Å². The first-order valence-corrected chi connectivity index (χ1v) is 6.55. The molecule has 1 saturated heterocycles. The summed E-state index contributed by atoms with van der Waals surface area (Å²) in [6.07, 6.45) is 5.06. The Hall–Kier alpha value is -1.52. The Labute approximate surface area is 105 Å². The maximum absolute atomic E-state index is 11.9. The molecule has 3 rings (SSSR count). The Kier molecular flexibility index (Phi) is 2.40. The molecule has 3 unspecified atom stereocenters. The molecule has 0 spiro atoms. The van der Waals surface area contributed by atoms with Crippen molar-refractivity contribution in [2.24, 2.45) is 11.3 Å². The number of hydrogen-bond acceptors (Lipinski definition) is 3. The molecule has 1 aliphatic heterocycles. The van der Waals surface area contributed by atoms with Crippen molar-refractivity contribution in [2.75, 3.05) is 11.4 Å². The Bertz CT molecular complexity index is 576. The highest BCUT2D eigenvalue weighted by Crippen LogP contribution is 2.47. The van der Waals surface area contributed by atoms with Crippen LogP contribution in [-0.2, 0) is 0 Å². The van der Waals surface area contributed by atoms with Crippen LogP contribution in [-0.4, -0.2) is 22.6 Å². The van der Waals surface area contributed by atoms with Crippen molar-refractivity contribution in [1.29, 1.82) is 0 Å². The van der Waals surface area contributed by atoms with Gasteiger partial charge in [0.1, 0.15) is 5.69 Å². The molecule has 3 atom stereocenters. The van der Waals surface area contributed by atoms with Gasteiger partial charge < -0.3 is 9.88 Å². The molecule has 5 nitrogen and oxygen atoms in total. The van der Waals surface area contributed by atoms with Crippen molar-refractivity contribution in [3.05, 3.63) is 27.0 Å². The maximum Gasteiger partial charge on any atom is 0.325 e. The van der Waals surface area contributed by atoms with Crippen LogP contribution in [0.2, 0.25) is 0 Å². The monoisotopic (exact) mass is 249 g/mol. The van der Waals surface area contributed by atoms with E-state index >= 15 is 0 Å². The topological polar surface area (TPSA) is 69.0 Å². The zero-order chi connectivity index (χ0) is 12.9. The summed E-state index contributed by atoms with van der Waals surface area (Å²) in [7, 11) is 0. The Morgan fingerprint density at radius 2 is 2.17 bits per heavy atom. The van der Waals surface area contributed by atoms with Gasteiger partial charge in [0, 0.05) is 18.8 Å². The molecular formula is C13H19N3O2. The fourth-order valence-electron chi connectivity index (χ4n) is 3.93. The Morgan fingerprint density at radius 3 is 2.89 bits per heavy atom. The van der Waals surface area contributed by atoms with Gasteiger partial charge in [-0.15, -0.1) is 0 Å². The predicted molar refractivity (Wildman–Crippen MR) is 69.9 cm³/mol. The minimum absolute atomic E-state index is 0.275. The lowest BCUT2D eigenvalue weighted by Crippen LogP contribution is -2.36. The summed E-state index contributed by atoms with van der Waals surface area (Å²) in [6, 6.07) is 0.436. The third-order valence-corrected chi connectivity index (χ3v) is 4.35. The van der Waals surface area contributed by atoms with E-state index in [-0.39, 0.29) is 5.56 Å². The van der Waals surface area contributed by atoms with Gasteiger partial charge >= 0.3 is 5.69 Å². The minimum atomic E-state index is -0.439. The number of hydrogen-bond donors (Lipinski definition) is 2. The van der Waals surface area contributed by atoms with Crippen molar-refractivity contribution in [2.45, 2.75) is 39.2 Å². The Morgan fingerprint density at radius 1 is 1.39 bits per heavy atom. The molecule has 5 heteroatoms. The van der Waals surface area contributed by atoms with E-state index in [1.54, 1.807) is 6.20 Å². The van der Waals surface area contributed by atoms with Gasteiger partial charge in [0.2, 0.25) is 0 Å². The van der Waals surface area contributed by atoms with Gasteiger partial charge in [-0.3, -0.25) is 9.78 Å². The zero-order valence-corrected chi connectivity index (χ0v) is 10.8. The van der Waals surface area contributed by atoms with Crippen LogP contribution in [0.1, 0.15) is 33.1 Å². The lowest BCUT2D eigenvalue weighted by molar-refractivity contribution is 0.218. The molecule has 2 fully saturated rings. The number of rotatable bonds is 1. The average molecular weight is 249 g/mol. The number of nitrogens with one attached hydrogen (secondary N) is 2. The maximum atomic E-state index is 11.9. The van der Waals surface area contributed by atoms with Crippen molar-refractivity contribution in [3.8, 4) is 0 Å².